The van der Waals surface area contributed by atoms with Crippen LogP contribution in [0, 0.1) is 0 Å². The number of alkyl carbamates (subject to hydrolysis) is 2. The van der Waals surface area contributed by atoms with Crippen molar-refractivity contribution in [1.29, 1.82) is 0 Å². The number of aliphatic carboxylic acids is 1. The zero-order valence-corrected chi connectivity index (χ0v) is 27.9. The number of carbonyl (C=O) groups excluding carboxylic acids is 6. The number of esters is 4. The van der Waals surface area contributed by atoms with Crippen molar-refractivity contribution < 1.29 is 76.6 Å². The largest absolute Gasteiger partial charge is 0.480 e. The lowest BCUT2D eigenvalue weighted by Crippen LogP contribution is -2.43. The maximum Gasteiger partial charge on any atom is 0.408 e. The van der Waals surface area contributed by atoms with Gasteiger partial charge in [-0.3, -0.25) is 0 Å². The molecule has 2 amide bonds. The van der Waals surface area contributed by atoms with Gasteiger partial charge in [-0.15, -0.1) is 0 Å². The normalized spacial score (nSPS) is 14.5. The maximum absolute atomic E-state index is 12.3. The van der Waals surface area contributed by atoms with Crippen LogP contribution in [-0.2, 0) is 61.9 Å². The van der Waals surface area contributed by atoms with E-state index in [9.17, 15) is 38.7 Å². The molecule has 0 saturated heterocycles. The molecule has 0 aromatic carbocycles. The third kappa shape index (κ3) is 19.8. The first-order valence-corrected chi connectivity index (χ1v) is 15.0. The Hall–Kier alpha value is -4.19. The van der Waals surface area contributed by atoms with Gasteiger partial charge in [-0.1, -0.05) is 0 Å². The van der Waals surface area contributed by atoms with Crippen molar-refractivity contribution >= 4 is 42.0 Å². The number of unbranched alkanes of at least 4 members (excludes halogenated alkanes) is 2. The second-order valence-electron chi connectivity index (χ2n) is 10.2. The van der Waals surface area contributed by atoms with Crippen molar-refractivity contribution in [1.82, 2.24) is 10.6 Å². The molecule has 270 valence electrons. The van der Waals surface area contributed by atoms with E-state index in [4.69, 9.17) is 37.9 Å². The summed E-state index contributed by atoms with van der Waals surface area (Å²) in [6.07, 6.45) is -5.54. The molecule has 6 atom stereocenters. The second-order valence-corrected chi connectivity index (χ2v) is 10.2. The molecule has 18 nitrogen and oxygen atoms in total. The Morgan fingerprint density at radius 3 is 1.60 bits per heavy atom. The van der Waals surface area contributed by atoms with E-state index in [1.807, 2.05) is 0 Å². The van der Waals surface area contributed by atoms with Gasteiger partial charge in [-0.2, -0.15) is 0 Å². The molecule has 0 saturated carbocycles. The molecule has 0 aromatic rings. The molecular formula is C29H48N2O16. The number of rotatable bonds is 23. The van der Waals surface area contributed by atoms with E-state index >= 15 is 0 Å². The lowest BCUT2D eigenvalue weighted by Gasteiger charge is -2.19. The van der Waals surface area contributed by atoms with E-state index in [-0.39, 0.29) is 38.9 Å². The smallest absolute Gasteiger partial charge is 0.408 e. The Bertz CT molecular complexity index is 1020. The van der Waals surface area contributed by atoms with Gasteiger partial charge in [0.2, 0.25) is 0 Å². The van der Waals surface area contributed by atoms with Crippen LogP contribution in [-0.4, -0.2) is 124 Å². The van der Waals surface area contributed by atoms with Crippen LogP contribution in [0.1, 0.15) is 66.7 Å². The number of methoxy groups -OCH3 is 2. The molecule has 0 bridgehead atoms. The van der Waals surface area contributed by atoms with Crippen molar-refractivity contribution in [2.24, 2.45) is 0 Å². The third-order valence-corrected chi connectivity index (χ3v) is 6.21. The topological polar surface area (TPSA) is 238 Å². The van der Waals surface area contributed by atoms with Crippen molar-refractivity contribution in [3.8, 4) is 0 Å². The van der Waals surface area contributed by atoms with Crippen LogP contribution in [0.4, 0.5) is 9.59 Å². The van der Waals surface area contributed by atoms with Gasteiger partial charge in [0, 0.05) is 20.8 Å². The van der Waals surface area contributed by atoms with Crippen LogP contribution in [0.5, 0.6) is 0 Å². The van der Waals surface area contributed by atoms with Crippen LogP contribution in [0.25, 0.3) is 0 Å². The first-order valence-electron chi connectivity index (χ1n) is 15.0. The third-order valence-electron chi connectivity index (χ3n) is 6.21. The van der Waals surface area contributed by atoms with Gasteiger partial charge in [0.1, 0.15) is 12.6 Å². The molecule has 47 heavy (non-hydrogen) atoms. The minimum absolute atomic E-state index is 0.00870. The summed E-state index contributed by atoms with van der Waals surface area (Å²) in [7, 11) is 2.81. The molecule has 0 aliphatic rings. The van der Waals surface area contributed by atoms with Gasteiger partial charge in [-0.05, 0) is 66.7 Å². The first kappa shape index (κ1) is 42.8. The quantitative estimate of drug-likeness (QED) is 0.0782. The molecule has 0 fully saturated rings. The summed E-state index contributed by atoms with van der Waals surface area (Å²) in [5.74, 6) is -4.74. The Labute approximate surface area is 273 Å². The lowest BCUT2D eigenvalue weighted by atomic mass is 10.1. The Balaban J connectivity index is 4.32. The molecule has 0 radical (unpaired) electrons. The molecule has 0 aromatic heterocycles. The summed E-state index contributed by atoms with van der Waals surface area (Å²) >= 11 is 0. The van der Waals surface area contributed by atoms with Crippen molar-refractivity contribution in [2.45, 2.75) is 103 Å². The molecule has 0 rings (SSSR count). The van der Waals surface area contributed by atoms with E-state index in [0.29, 0.717) is 25.7 Å². The van der Waals surface area contributed by atoms with Crippen LogP contribution in [0.2, 0.25) is 0 Å². The summed E-state index contributed by atoms with van der Waals surface area (Å²) in [5.41, 5.74) is 0. The zero-order valence-electron chi connectivity index (χ0n) is 27.9. The number of carboxylic acid groups (broad SMARTS) is 1. The average Bonchev–Trinajstić information content (AvgIpc) is 3.03. The zero-order chi connectivity index (χ0) is 35.9. The lowest BCUT2D eigenvalue weighted by molar-refractivity contribution is -0.172. The fraction of sp³-hybridized carbons (Fsp3) is 0.759. The number of hydrogen-bond donors (Lipinski definition) is 3. The van der Waals surface area contributed by atoms with Gasteiger partial charge in [0.15, 0.2) is 24.4 Å². The van der Waals surface area contributed by atoms with Gasteiger partial charge < -0.3 is 53.6 Å². The number of carboxylic acids is 1. The summed E-state index contributed by atoms with van der Waals surface area (Å²) in [6, 6.07) is -1.33. The average molecular weight is 681 g/mol. The molecule has 0 heterocycles. The van der Waals surface area contributed by atoms with Crippen LogP contribution in [0.15, 0.2) is 0 Å². The highest BCUT2D eigenvalue weighted by molar-refractivity contribution is 5.84. The number of amides is 2. The molecule has 18 heteroatoms. The number of carbonyl (C=O) groups is 7. The predicted octanol–water partition coefficient (Wildman–Crippen LogP) is 1.25. The van der Waals surface area contributed by atoms with E-state index in [1.54, 1.807) is 6.92 Å². The highest BCUT2D eigenvalue weighted by Crippen LogP contribution is 2.06. The maximum atomic E-state index is 12.3. The summed E-state index contributed by atoms with van der Waals surface area (Å²) in [6.45, 7) is 7.17. The van der Waals surface area contributed by atoms with Crippen molar-refractivity contribution in [2.75, 3.05) is 40.6 Å². The van der Waals surface area contributed by atoms with Crippen LogP contribution >= 0.6 is 0 Å². The highest BCUT2D eigenvalue weighted by atomic mass is 16.6. The molecule has 0 spiro atoms. The number of nitrogens with one attached hydrogen (secondary N) is 2. The first-order chi connectivity index (χ1) is 22.1. The van der Waals surface area contributed by atoms with Crippen LogP contribution in [0.3, 0.4) is 0 Å². The van der Waals surface area contributed by atoms with Gasteiger partial charge in [-0.25, -0.2) is 33.6 Å². The van der Waals surface area contributed by atoms with Crippen molar-refractivity contribution in [3.05, 3.63) is 0 Å². The van der Waals surface area contributed by atoms with E-state index in [0.717, 1.165) is 0 Å². The SMILES string of the molecule is COC(C)COC(=O)NCCCCC(NC(=O)OC(C)C(=O)OC(C)C(=O)OCCCCOC(=O)C(C)OC(=O)C(C)OC)C(=O)O. The van der Waals surface area contributed by atoms with E-state index in [2.05, 4.69) is 10.6 Å². The highest BCUT2D eigenvalue weighted by Gasteiger charge is 2.28. The Morgan fingerprint density at radius 2 is 1.11 bits per heavy atom. The minimum atomic E-state index is -1.48. The van der Waals surface area contributed by atoms with Gasteiger partial charge >= 0.3 is 42.0 Å². The van der Waals surface area contributed by atoms with Crippen molar-refractivity contribution in [3.63, 3.8) is 0 Å². The monoisotopic (exact) mass is 680 g/mol. The Kier molecular flexibility index (Phi) is 21.9. The molecule has 0 aliphatic carbocycles. The fourth-order valence-electron chi connectivity index (χ4n) is 3.14. The molecule has 3 N–H and O–H groups in total. The van der Waals surface area contributed by atoms with Gasteiger partial charge in [0.05, 0.1) is 19.3 Å². The number of ether oxygens (including phenoxy) is 8. The summed E-state index contributed by atoms with van der Waals surface area (Å²) in [5, 5.41) is 14.1. The molecule has 6 unspecified atom stereocenters. The molecule has 0 aliphatic heterocycles. The van der Waals surface area contributed by atoms with E-state index in [1.165, 1.54) is 41.9 Å². The second kappa shape index (κ2) is 24.0. The summed E-state index contributed by atoms with van der Waals surface area (Å²) < 4.78 is 39.5. The van der Waals surface area contributed by atoms with Gasteiger partial charge in [0.25, 0.3) is 0 Å². The van der Waals surface area contributed by atoms with E-state index < -0.39 is 72.5 Å². The predicted molar refractivity (Wildman–Crippen MR) is 159 cm³/mol. The fourth-order valence-corrected chi connectivity index (χ4v) is 3.14. The van der Waals surface area contributed by atoms with Crippen LogP contribution < -0.4 is 10.6 Å². The minimum Gasteiger partial charge on any atom is -0.480 e. The summed E-state index contributed by atoms with van der Waals surface area (Å²) in [4.78, 5) is 83.3. The number of hydrogen-bond acceptors (Lipinski definition) is 15. The Morgan fingerprint density at radius 1 is 0.596 bits per heavy atom. The standard InChI is InChI=1S/C29H48N2O16/c1-17(40-6)16-44-28(38)30-13-9-8-12-22(23(32)33)31-29(39)47-21(5)27(37)46-20(4)25(35)43-15-11-10-14-42-24(34)19(3)45-26(36)18(2)41-7/h17-22H,8-16H2,1-7H3,(H,30,38)(H,31,39)(H,32,33). The molecular weight excluding hydrogens is 632 g/mol.